The summed E-state index contributed by atoms with van der Waals surface area (Å²) in [4.78, 5) is 41.3. The van der Waals surface area contributed by atoms with Crippen LogP contribution in [0.2, 0.25) is 0 Å². The van der Waals surface area contributed by atoms with E-state index in [9.17, 15) is 18.4 Å². The van der Waals surface area contributed by atoms with Gasteiger partial charge < -0.3 is 15.8 Å². The summed E-state index contributed by atoms with van der Waals surface area (Å²) in [6.07, 6.45) is 5.75. The largest absolute Gasteiger partial charge is 0.384 e. The lowest BCUT2D eigenvalue weighted by atomic mass is 9.86. The van der Waals surface area contributed by atoms with Crippen LogP contribution in [0.3, 0.4) is 0 Å². The zero-order valence-electron chi connectivity index (χ0n) is 29.7. The Bertz CT molecular complexity index is 1990. The predicted molar refractivity (Wildman–Crippen MR) is 197 cm³/mol. The van der Waals surface area contributed by atoms with Crippen molar-refractivity contribution >= 4 is 23.0 Å². The Hall–Kier alpha value is -5.00. The van der Waals surface area contributed by atoms with Crippen LogP contribution in [0.5, 0.6) is 0 Å². The molecule has 12 heteroatoms. The number of aromatic nitrogens is 3. The molecular formula is C41H43F3N6O3. The van der Waals surface area contributed by atoms with Crippen molar-refractivity contribution in [2.24, 2.45) is 11.1 Å². The molecular weight excluding hydrogens is 681 g/mol. The molecule has 53 heavy (non-hydrogen) atoms. The number of nitrogens with one attached hydrogen (secondary N) is 1. The van der Waals surface area contributed by atoms with Gasteiger partial charge in [0.05, 0.1) is 18.6 Å². The topological polar surface area (TPSA) is 123 Å². The van der Waals surface area contributed by atoms with Crippen LogP contribution in [0.15, 0.2) is 91.1 Å². The highest BCUT2D eigenvalue weighted by Gasteiger charge is 2.45. The second kappa shape index (κ2) is 16.8. The molecule has 1 unspecified atom stereocenters. The number of carbonyl (C=O) groups excluding carboxylic acids is 2. The van der Waals surface area contributed by atoms with Gasteiger partial charge in [-0.3, -0.25) is 19.5 Å². The average Bonchev–Trinajstić information content (AvgIpc) is 3.58. The summed E-state index contributed by atoms with van der Waals surface area (Å²) in [6, 6.07) is 17.4. The van der Waals surface area contributed by atoms with Gasteiger partial charge in [0.25, 0.3) is 6.43 Å². The van der Waals surface area contributed by atoms with E-state index in [2.05, 4.69) is 26.0 Å². The molecule has 1 saturated heterocycles. The predicted octanol–water partition coefficient (Wildman–Crippen LogP) is 6.85. The molecule has 3 heterocycles. The van der Waals surface area contributed by atoms with Crippen LogP contribution < -0.4 is 11.1 Å². The zero-order chi connectivity index (χ0) is 37.4. The molecule has 2 aliphatic rings. The van der Waals surface area contributed by atoms with Gasteiger partial charge in [0.15, 0.2) is 5.82 Å². The first-order valence-electron chi connectivity index (χ1n) is 17.8. The van der Waals surface area contributed by atoms with Crippen molar-refractivity contribution in [1.82, 2.24) is 19.9 Å². The quantitative estimate of drug-likeness (QED) is 0.120. The van der Waals surface area contributed by atoms with Crippen LogP contribution in [0.4, 0.5) is 18.9 Å². The first-order chi connectivity index (χ1) is 25.6. The lowest BCUT2D eigenvalue weighted by molar-refractivity contribution is -0.128. The first kappa shape index (κ1) is 37.7. The Morgan fingerprint density at radius 2 is 1.83 bits per heavy atom. The van der Waals surface area contributed by atoms with Gasteiger partial charge in [-0.1, -0.05) is 30.3 Å². The number of nitrogens with zero attached hydrogens (tertiary/aromatic N) is 4. The summed E-state index contributed by atoms with van der Waals surface area (Å²) in [5, 5.41) is 3.05. The number of fused-ring (bicyclic) bond motifs is 1. The minimum absolute atomic E-state index is 0.0292. The van der Waals surface area contributed by atoms with E-state index in [1.807, 2.05) is 29.2 Å². The molecule has 2 aromatic heterocycles. The third-order valence-electron chi connectivity index (χ3n) is 10.0. The fourth-order valence-electron chi connectivity index (χ4n) is 7.27. The van der Waals surface area contributed by atoms with Crippen molar-refractivity contribution in [3.05, 3.63) is 119 Å². The van der Waals surface area contributed by atoms with Crippen LogP contribution in [0.1, 0.15) is 66.5 Å². The smallest absolute Gasteiger partial charge is 0.280 e. The number of alkyl halides is 3. The number of anilines is 1. The fourth-order valence-corrected chi connectivity index (χ4v) is 7.27. The van der Waals surface area contributed by atoms with E-state index >= 15 is 4.39 Å². The Morgan fingerprint density at radius 3 is 2.57 bits per heavy atom. The van der Waals surface area contributed by atoms with E-state index in [0.29, 0.717) is 60.6 Å². The third kappa shape index (κ3) is 8.80. The number of allylic oxidation sites excluding steroid dienone is 1. The maximum atomic E-state index is 16.3. The summed E-state index contributed by atoms with van der Waals surface area (Å²) < 4.78 is 48.6. The number of amides is 1. The van der Waals surface area contributed by atoms with Gasteiger partial charge in [-0.25, -0.2) is 23.1 Å². The summed E-state index contributed by atoms with van der Waals surface area (Å²) in [6.45, 7) is 1.32. The Balaban J connectivity index is 1.06. The zero-order valence-corrected chi connectivity index (χ0v) is 29.7. The minimum atomic E-state index is -2.70. The second-order valence-electron chi connectivity index (χ2n) is 13.7. The highest BCUT2D eigenvalue weighted by molar-refractivity contribution is 5.97. The molecule has 9 nitrogen and oxygen atoms in total. The number of likely N-dealkylation sites (tertiary alicyclic amines) is 1. The van der Waals surface area contributed by atoms with Crippen molar-refractivity contribution in [2.45, 2.75) is 50.6 Å². The molecule has 2 aromatic carbocycles. The molecule has 2 atom stereocenters. The number of methoxy groups -OCH3 is 1. The minimum Gasteiger partial charge on any atom is -0.384 e. The first-order valence-corrected chi connectivity index (χ1v) is 17.8. The maximum absolute atomic E-state index is 16.3. The third-order valence-corrected chi connectivity index (χ3v) is 10.0. The second-order valence-corrected chi connectivity index (χ2v) is 13.7. The van der Waals surface area contributed by atoms with Crippen LogP contribution in [0, 0.1) is 5.41 Å². The standard InChI is InChI=1S/C41H43F3N6O3/c1-53-27-40(39(52)49-32-13-10-28-5-2-7-34(35(28)24-32)30-14-21-46-36(23-30)37(42)43)17-22-50(26-40)25-33(51)6-3-15-41(44,16-18-45)31-11-8-29(9-12-31)38-47-19-4-20-48-38/h2,4,8-14,19-21,23-24,37H,3,5-6,15-18,22,25-27,45H2,1H3,(H,49,52)/t40-,41?/m1/s1. The summed E-state index contributed by atoms with van der Waals surface area (Å²) in [5.41, 5.74) is 10.9. The molecule has 6 rings (SSSR count). The monoisotopic (exact) mass is 724 g/mol. The van der Waals surface area contributed by atoms with Gasteiger partial charge >= 0.3 is 0 Å². The number of halogens is 3. The number of ketones is 1. The highest BCUT2D eigenvalue weighted by Crippen LogP contribution is 2.37. The Morgan fingerprint density at radius 1 is 1.04 bits per heavy atom. The van der Waals surface area contributed by atoms with Crippen LogP contribution >= 0.6 is 0 Å². The molecule has 4 aromatic rings. The molecule has 1 amide bonds. The number of carbonyl (C=O) groups is 2. The van der Waals surface area contributed by atoms with E-state index in [1.165, 1.54) is 12.3 Å². The Kier molecular flexibility index (Phi) is 11.9. The average molecular weight is 725 g/mol. The summed E-state index contributed by atoms with van der Waals surface area (Å²) >= 11 is 0. The van der Waals surface area contributed by atoms with Crippen molar-refractivity contribution in [3.8, 4) is 11.4 Å². The summed E-state index contributed by atoms with van der Waals surface area (Å²) in [7, 11) is 1.54. The summed E-state index contributed by atoms with van der Waals surface area (Å²) in [5.74, 6) is 0.294. The van der Waals surface area contributed by atoms with E-state index in [4.69, 9.17) is 10.5 Å². The molecule has 1 aliphatic heterocycles. The van der Waals surface area contributed by atoms with Crippen molar-refractivity contribution < 1.29 is 27.5 Å². The maximum Gasteiger partial charge on any atom is 0.280 e. The van der Waals surface area contributed by atoms with Gasteiger partial charge in [0, 0.05) is 55.5 Å². The number of Topliss-reactive ketones (excluding diaryl/α,β-unsaturated/α-hetero) is 1. The van der Waals surface area contributed by atoms with Crippen molar-refractivity contribution in [2.75, 3.05) is 45.2 Å². The van der Waals surface area contributed by atoms with Gasteiger partial charge in [-0.05, 0) is 104 Å². The number of hydrogen-bond acceptors (Lipinski definition) is 8. The van der Waals surface area contributed by atoms with Gasteiger partial charge in [0.1, 0.15) is 17.1 Å². The molecule has 0 spiro atoms. The number of hydrogen-bond donors (Lipinski definition) is 2. The molecule has 276 valence electrons. The molecule has 3 N–H and O–H groups in total. The number of rotatable bonds is 16. The van der Waals surface area contributed by atoms with Crippen LogP contribution in [0.25, 0.3) is 17.0 Å². The van der Waals surface area contributed by atoms with E-state index in [1.54, 1.807) is 55.9 Å². The normalized spacial score (nSPS) is 18.0. The Labute approximate surface area is 307 Å². The van der Waals surface area contributed by atoms with Gasteiger partial charge in [0.2, 0.25) is 5.91 Å². The molecule has 1 fully saturated rings. The van der Waals surface area contributed by atoms with Crippen molar-refractivity contribution in [3.63, 3.8) is 0 Å². The number of benzene rings is 2. The van der Waals surface area contributed by atoms with E-state index in [-0.39, 0.29) is 56.3 Å². The molecule has 1 aliphatic carbocycles. The van der Waals surface area contributed by atoms with Crippen LogP contribution in [-0.2, 0) is 26.4 Å². The number of pyridine rings is 1. The molecule has 0 radical (unpaired) electrons. The van der Waals surface area contributed by atoms with E-state index in [0.717, 1.165) is 16.7 Å². The molecule has 0 bridgehead atoms. The van der Waals surface area contributed by atoms with Gasteiger partial charge in [-0.2, -0.15) is 0 Å². The van der Waals surface area contributed by atoms with Gasteiger partial charge in [-0.15, -0.1) is 5.73 Å². The molecule has 0 saturated carbocycles. The highest BCUT2D eigenvalue weighted by atomic mass is 19.3. The number of nitrogens with two attached hydrogens (primary N) is 1. The lowest BCUT2D eigenvalue weighted by Gasteiger charge is -2.28. The number of ether oxygens (including phenoxy) is 1. The lowest BCUT2D eigenvalue weighted by Crippen LogP contribution is -2.43. The van der Waals surface area contributed by atoms with Crippen molar-refractivity contribution in [1.29, 1.82) is 0 Å². The SMILES string of the molecule is COC[C@@]1(C(=O)Nc2ccc3c(c2)C(c2ccnc(C(F)F)c2)=C=CC3)CCN(CC(=O)CCCC(F)(CCN)c2ccc(-c3ncccn3)cc2)C1. The van der Waals surface area contributed by atoms with E-state index < -0.39 is 17.5 Å². The fraction of sp³-hybridized carbons (Fsp3) is 0.366. The van der Waals surface area contributed by atoms with Crippen LogP contribution in [-0.4, -0.2) is 71.4 Å².